The summed E-state index contributed by atoms with van der Waals surface area (Å²) in [5, 5.41) is 1.08. The third kappa shape index (κ3) is 2.74. The summed E-state index contributed by atoms with van der Waals surface area (Å²) in [7, 11) is 0. The predicted molar refractivity (Wildman–Crippen MR) is 98.4 cm³/mol. The summed E-state index contributed by atoms with van der Waals surface area (Å²) in [6.45, 7) is 1.04. The number of amides is 2. The van der Waals surface area contributed by atoms with Gasteiger partial charge in [-0.05, 0) is 48.9 Å². The summed E-state index contributed by atoms with van der Waals surface area (Å²) in [6, 6.07) is 12.6. The molecular formula is C20H19N3O3. The van der Waals surface area contributed by atoms with Gasteiger partial charge in [-0.25, -0.2) is 0 Å². The smallest absolute Gasteiger partial charge is 0.261 e. The lowest BCUT2D eigenvalue weighted by Gasteiger charge is -2.14. The predicted octanol–water partition coefficient (Wildman–Crippen LogP) is 2.34. The van der Waals surface area contributed by atoms with E-state index in [1.165, 1.54) is 4.90 Å². The molecule has 132 valence electrons. The largest absolute Gasteiger partial charge is 0.492 e. The Balaban J connectivity index is 1.44. The Kier molecular flexibility index (Phi) is 4.18. The highest BCUT2D eigenvalue weighted by Crippen LogP contribution is 2.25. The third-order valence-corrected chi connectivity index (χ3v) is 4.61. The molecule has 6 nitrogen and oxygen atoms in total. The quantitative estimate of drug-likeness (QED) is 0.669. The van der Waals surface area contributed by atoms with Crippen LogP contribution in [0.25, 0.3) is 10.9 Å². The lowest BCUT2D eigenvalue weighted by Crippen LogP contribution is -2.33. The van der Waals surface area contributed by atoms with Crippen LogP contribution < -0.4 is 10.5 Å². The number of benzene rings is 2. The normalized spacial score (nSPS) is 13.5. The van der Waals surface area contributed by atoms with Gasteiger partial charge in [-0.3, -0.25) is 14.5 Å². The molecule has 2 aromatic carbocycles. The van der Waals surface area contributed by atoms with Crippen LogP contribution in [0, 0.1) is 0 Å². The highest BCUT2D eigenvalue weighted by atomic mass is 16.5. The van der Waals surface area contributed by atoms with E-state index in [9.17, 15) is 9.59 Å². The first-order chi connectivity index (χ1) is 12.7. The number of imide groups is 1. The van der Waals surface area contributed by atoms with Crippen molar-refractivity contribution in [2.45, 2.75) is 6.42 Å². The van der Waals surface area contributed by atoms with Gasteiger partial charge in [0.25, 0.3) is 11.8 Å². The standard InChI is InChI=1S/C20H19N3O3/c21-8-7-13-12-22-18-6-5-14(11-17(13)18)26-10-9-23-19(24)15-3-1-2-4-16(15)20(23)25/h1-6,11-12,22H,7-10,21H2. The molecule has 4 rings (SSSR count). The van der Waals surface area contributed by atoms with Crippen molar-refractivity contribution >= 4 is 22.7 Å². The summed E-state index contributed by atoms with van der Waals surface area (Å²) < 4.78 is 5.78. The highest BCUT2D eigenvalue weighted by molar-refractivity contribution is 6.21. The summed E-state index contributed by atoms with van der Waals surface area (Å²) in [5.41, 5.74) is 8.73. The molecule has 0 saturated carbocycles. The van der Waals surface area contributed by atoms with Gasteiger partial charge < -0.3 is 15.5 Å². The van der Waals surface area contributed by atoms with Crippen molar-refractivity contribution in [3.63, 3.8) is 0 Å². The Morgan fingerprint density at radius 1 is 1.04 bits per heavy atom. The SMILES string of the molecule is NCCc1c[nH]c2ccc(OCCN3C(=O)c4ccccc4C3=O)cc12. The van der Waals surface area contributed by atoms with E-state index < -0.39 is 0 Å². The van der Waals surface area contributed by atoms with Gasteiger partial charge >= 0.3 is 0 Å². The van der Waals surface area contributed by atoms with E-state index in [1.807, 2.05) is 24.4 Å². The molecule has 0 aliphatic carbocycles. The lowest BCUT2D eigenvalue weighted by atomic mass is 10.1. The molecule has 3 N–H and O–H groups in total. The minimum absolute atomic E-state index is 0.215. The lowest BCUT2D eigenvalue weighted by molar-refractivity contribution is 0.0631. The molecule has 0 unspecified atom stereocenters. The van der Waals surface area contributed by atoms with Crippen LogP contribution in [0.15, 0.2) is 48.7 Å². The maximum Gasteiger partial charge on any atom is 0.261 e. The molecule has 0 atom stereocenters. The van der Waals surface area contributed by atoms with Gasteiger partial charge in [0.2, 0.25) is 0 Å². The number of hydrogen-bond donors (Lipinski definition) is 2. The fourth-order valence-corrected chi connectivity index (χ4v) is 3.31. The Bertz CT molecular complexity index is 958. The second-order valence-corrected chi connectivity index (χ2v) is 6.22. The second kappa shape index (κ2) is 6.65. The minimum atomic E-state index is -0.263. The topological polar surface area (TPSA) is 88.4 Å². The zero-order valence-electron chi connectivity index (χ0n) is 14.2. The summed E-state index contributed by atoms with van der Waals surface area (Å²) in [6.07, 6.45) is 2.75. The number of carbonyl (C=O) groups excluding carboxylic acids is 2. The Hall–Kier alpha value is -3.12. The molecule has 6 heteroatoms. The number of rotatable bonds is 6. The van der Waals surface area contributed by atoms with Crippen LogP contribution in [-0.4, -0.2) is 41.4 Å². The summed E-state index contributed by atoms with van der Waals surface area (Å²) in [5.74, 6) is 0.174. The maximum atomic E-state index is 12.3. The molecule has 0 radical (unpaired) electrons. The molecule has 2 amide bonds. The van der Waals surface area contributed by atoms with E-state index >= 15 is 0 Å². The number of fused-ring (bicyclic) bond motifs is 2. The first-order valence-electron chi connectivity index (χ1n) is 8.57. The number of aromatic nitrogens is 1. The van der Waals surface area contributed by atoms with Gasteiger partial charge in [-0.15, -0.1) is 0 Å². The molecule has 0 spiro atoms. The van der Waals surface area contributed by atoms with E-state index in [-0.39, 0.29) is 25.0 Å². The second-order valence-electron chi connectivity index (χ2n) is 6.22. The highest BCUT2D eigenvalue weighted by Gasteiger charge is 2.34. The molecule has 0 saturated heterocycles. The Morgan fingerprint density at radius 2 is 1.77 bits per heavy atom. The zero-order chi connectivity index (χ0) is 18.1. The first kappa shape index (κ1) is 16.4. The first-order valence-corrected chi connectivity index (χ1v) is 8.57. The number of carbonyl (C=O) groups is 2. The number of nitrogens with one attached hydrogen (secondary N) is 1. The number of nitrogens with two attached hydrogens (primary N) is 1. The molecule has 2 heterocycles. The van der Waals surface area contributed by atoms with Crippen LogP contribution in [0.3, 0.4) is 0 Å². The van der Waals surface area contributed by atoms with Gasteiger partial charge in [-0.1, -0.05) is 12.1 Å². The van der Waals surface area contributed by atoms with Crippen molar-refractivity contribution in [3.05, 3.63) is 65.4 Å². The van der Waals surface area contributed by atoms with Gasteiger partial charge in [0, 0.05) is 17.1 Å². The molecule has 1 aromatic heterocycles. The number of hydrogen-bond acceptors (Lipinski definition) is 4. The monoisotopic (exact) mass is 349 g/mol. The minimum Gasteiger partial charge on any atom is -0.492 e. The van der Waals surface area contributed by atoms with Crippen molar-refractivity contribution < 1.29 is 14.3 Å². The number of nitrogens with zero attached hydrogens (tertiary/aromatic N) is 1. The van der Waals surface area contributed by atoms with E-state index in [4.69, 9.17) is 10.5 Å². The maximum absolute atomic E-state index is 12.3. The van der Waals surface area contributed by atoms with Gasteiger partial charge in [-0.2, -0.15) is 0 Å². The zero-order valence-corrected chi connectivity index (χ0v) is 14.2. The van der Waals surface area contributed by atoms with E-state index in [2.05, 4.69) is 4.98 Å². The molecule has 0 bridgehead atoms. The van der Waals surface area contributed by atoms with Gasteiger partial charge in [0.15, 0.2) is 0 Å². The van der Waals surface area contributed by atoms with Crippen molar-refractivity contribution in [1.82, 2.24) is 9.88 Å². The van der Waals surface area contributed by atoms with Crippen LogP contribution in [0.1, 0.15) is 26.3 Å². The van der Waals surface area contributed by atoms with Gasteiger partial charge in [0.1, 0.15) is 12.4 Å². The van der Waals surface area contributed by atoms with Crippen LogP contribution >= 0.6 is 0 Å². The number of ether oxygens (including phenoxy) is 1. The molecule has 3 aromatic rings. The summed E-state index contributed by atoms with van der Waals surface area (Å²) in [4.78, 5) is 29.1. The fraction of sp³-hybridized carbons (Fsp3) is 0.200. The van der Waals surface area contributed by atoms with Gasteiger partial charge in [0.05, 0.1) is 17.7 Å². The van der Waals surface area contributed by atoms with Crippen molar-refractivity contribution in [3.8, 4) is 5.75 Å². The molecular weight excluding hydrogens is 330 g/mol. The molecule has 1 aliphatic heterocycles. The molecule has 0 fully saturated rings. The van der Waals surface area contributed by atoms with Crippen LogP contribution in [0.5, 0.6) is 5.75 Å². The molecule has 26 heavy (non-hydrogen) atoms. The third-order valence-electron chi connectivity index (χ3n) is 4.61. The van der Waals surface area contributed by atoms with Crippen LogP contribution in [0.2, 0.25) is 0 Å². The summed E-state index contributed by atoms with van der Waals surface area (Å²) >= 11 is 0. The number of H-pyrrole nitrogens is 1. The van der Waals surface area contributed by atoms with E-state index in [0.717, 1.165) is 22.9 Å². The van der Waals surface area contributed by atoms with Crippen molar-refractivity contribution in [2.75, 3.05) is 19.7 Å². The van der Waals surface area contributed by atoms with Crippen LogP contribution in [-0.2, 0) is 6.42 Å². The van der Waals surface area contributed by atoms with E-state index in [0.29, 0.717) is 23.4 Å². The molecule has 1 aliphatic rings. The fourth-order valence-electron chi connectivity index (χ4n) is 3.31. The average Bonchev–Trinajstić information content (AvgIpc) is 3.17. The average molecular weight is 349 g/mol. The van der Waals surface area contributed by atoms with E-state index in [1.54, 1.807) is 24.3 Å². The van der Waals surface area contributed by atoms with Crippen molar-refractivity contribution in [1.29, 1.82) is 0 Å². The van der Waals surface area contributed by atoms with Crippen LogP contribution in [0.4, 0.5) is 0 Å². The number of aromatic amines is 1. The Labute approximate surface area is 150 Å². The van der Waals surface area contributed by atoms with Crippen molar-refractivity contribution in [2.24, 2.45) is 5.73 Å². The Morgan fingerprint density at radius 3 is 2.46 bits per heavy atom.